The zero-order valence-corrected chi connectivity index (χ0v) is 8.45. The molecule has 2 aliphatic heterocycles. The highest BCUT2D eigenvalue weighted by molar-refractivity contribution is 5.07. The van der Waals surface area contributed by atoms with Crippen molar-refractivity contribution in [2.45, 2.75) is 57.0 Å². The smallest absolute Gasteiger partial charge is 0.109 e. The molecule has 2 saturated heterocycles. The van der Waals surface area contributed by atoms with E-state index in [2.05, 4.69) is 0 Å². The minimum absolute atomic E-state index is 0.0734. The Labute approximate surface area is 78.7 Å². The van der Waals surface area contributed by atoms with Gasteiger partial charge in [0.25, 0.3) is 0 Å². The van der Waals surface area contributed by atoms with Gasteiger partial charge in [-0.25, -0.2) is 0 Å². The molecule has 0 aromatic carbocycles. The summed E-state index contributed by atoms with van der Waals surface area (Å²) in [5.74, 6) is 0.0734. The Morgan fingerprint density at radius 2 is 1.85 bits per heavy atom. The van der Waals surface area contributed by atoms with Crippen LogP contribution in [0.15, 0.2) is 0 Å². The van der Waals surface area contributed by atoms with Crippen molar-refractivity contribution in [2.75, 3.05) is 0 Å². The lowest BCUT2D eigenvalue weighted by atomic mass is 9.65. The fraction of sp³-hybridized carbons (Fsp3) is 1.00. The Morgan fingerprint density at radius 1 is 1.23 bits per heavy atom. The van der Waals surface area contributed by atoms with Crippen molar-refractivity contribution in [3.63, 3.8) is 0 Å². The van der Waals surface area contributed by atoms with E-state index in [1.54, 1.807) is 0 Å². The second kappa shape index (κ2) is 2.47. The average Bonchev–Trinajstić information content (AvgIpc) is 1.97. The van der Waals surface area contributed by atoms with Gasteiger partial charge < -0.3 is 14.9 Å². The molecule has 3 fully saturated rings. The van der Waals surface area contributed by atoms with Crippen LogP contribution >= 0.6 is 0 Å². The van der Waals surface area contributed by atoms with Crippen molar-refractivity contribution in [1.82, 2.24) is 0 Å². The summed E-state index contributed by atoms with van der Waals surface area (Å²) in [6.07, 6.45) is 0.447. The third-order valence-electron chi connectivity index (χ3n) is 3.70. The van der Waals surface area contributed by atoms with Gasteiger partial charge in [-0.05, 0) is 33.6 Å². The van der Waals surface area contributed by atoms with E-state index < -0.39 is 17.8 Å². The van der Waals surface area contributed by atoms with Gasteiger partial charge in [0.2, 0.25) is 0 Å². The van der Waals surface area contributed by atoms with Crippen molar-refractivity contribution in [1.29, 1.82) is 0 Å². The molecule has 0 spiro atoms. The zero-order valence-electron chi connectivity index (χ0n) is 8.45. The number of hydrogen-bond donors (Lipinski definition) is 2. The normalized spacial score (nSPS) is 53.8. The van der Waals surface area contributed by atoms with Crippen LogP contribution in [0.5, 0.6) is 0 Å². The third kappa shape index (κ3) is 1.14. The predicted molar refractivity (Wildman–Crippen MR) is 48.3 cm³/mol. The molecule has 3 rings (SSSR count). The monoisotopic (exact) mass is 186 g/mol. The van der Waals surface area contributed by atoms with E-state index in [0.29, 0.717) is 0 Å². The van der Waals surface area contributed by atoms with Crippen LogP contribution < -0.4 is 0 Å². The summed E-state index contributed by atoms with van der Waals surface area (Å²) in [6, 6.07) is 0. The maximum atomic E-state index is 9.84. The molecule has 76 valence electrons. The molecule has 1 aliphatic carbocycles. The molecule has 0 unspecified atom stereocenters. The van der Waals surface area contributed by atoms with Gasteiger partial charge in [-0.1, -0.05) is 0 Å². The van der Waals surface area contributed by atoms with Crippen molar-refractivity contribution in [3.8, 4) is 0 Å². The molecule has 0 aromatic rings. The Hall–Kier alpha value is -0.120. The van der Waals surface area contributed by atoms with E-state index in [9.17, 15) is 10.2 Å². The average molecular weight is 186 g/mol. The Bertz CT molecular complexity index is 226. The number of fused-ring (bicyclic) bond motifs is 3. The quantitative estimate of drug-likeness (QED) is 0.585. The van der Waals surface area contributed by atoms with Gasteiger partial charge in [0.15, 0.2) is 0 Å². The first-order valence-electron chi connectivity index (χ1n) is 4.93. The highest BCUT2D eigenvalue weighted by atomic mass is 16.5. The van der Waals surface area contributed by atoms with Gasteiger partial charge in [-0.2, -0.15) is 0 Å². The Morgan fingerprint density at radius 3 is 2.31 bits per heavy atom. The molecule has 0 radical (unpaired) electrons. The van der Waals surface area contributed by atoms with Crippen molar-refractivity contribution in [2.24, 2.45) is 5.92 Å². The maximum absolute atomic E-state index is 9.84. The molecule has 1 saturated carbocycles. The molecule has 0 amide bonds. The van der Waals surface area contributed by atoms with Crippen molar-refractivity contribution >= 4 is 0 Å². The number of ether oxygens (including phenoxy) is 1. The van der Waals surface area contributed by atoms with Gasteiger partial charge in [0, 0.05) is 5.92 Å². The molecule has 0 aromatic heterocycles. The van der Waals surface area contributed by atoms with E-state index in [-0.39, 0.29) is 11.5 Å². The molecule has 13 heavy (non-hydrogen) atoms. The third-order valence-corrected chi connectivity index (χ3v) is 3.70. The standard InChI is InChI=1S/C10H18O3/c1-9(2)6-4-5-10(3,13-9)8(12)7(6)11/h6-8,11-12H,4-5H2,1-3H3/t6-,7-,8-,10+/m1/s1. The zero-order chi connectivity index (χ0) is 9.85. The van der Waals surface area contributed by atoms with Gasteiger partial charge in [-0.15, -0.1) is 0 Å². The number of aliphatic hydroxyl groups excluding tert-OH is 2. The second-order valence-corrected chi connectivity index (χ2v) is 5.10. The molecule has 4 atom stereocenters. The largest absolute Gasteiger partial charge is 0.390 e. The van der Waals surface area contributed by atoms with E-state index in [1.807, 2.05) is 20.8 Å². The molecule has 3 aliphatic rings. The fourth-order valence-electron chi connectivity index (χ4n) is 2.89. The van der Waals surface area contributed by atoms with Crippen molar-refractivity contribution in [3.05, 3.63) is 0 Å². The highest BCUT2D eigenvalue weighted by Crippen LogP contribution is 2.49. The van der Waals surface area contributed by atoms with Crippen LogP contribution in [0.4, 0.5) is 0 Å². The van der Waals surface area contributed by atoms with E-state index in [4.69, 9.17) is 4.74 Å². The summed E-state index contributed by atoms with van der Waals surface area (Å²) in [7, 11) is 0. The Kier molecular flexibility index (Phi) is 1.79. The van der Waals surface area contributed by atoms with Gasteiger partial charge >= 0.3 is 0 Å². The molecule has 2 heterocycles. The van der Waals surface area contributed by atoms with Gasteiger partial charge in [0.1, 0.15) is 6.10 Å². The van der Waals surface area contributed by atoms with E-state index in [0.717, 1.165) is 12.8 Å². The maximum Gasteiger partial charge on any atom is 0.109 e. The lowest BCUT2D eigenvalue weighted by molar-refractivity contribution is -0.309. The van der Waals surface area contributed by atoms with Crippen LogP contribution in [-0.4, -0.2) is 33.6 Å². The summed E-state index contributed by atoms with van der Waals surface area (Å²) >= 11 is 0. The summed E-state index contributed by atoms with van der Waals surface area (Å²) < 4.78 is 5.83. The van der Waals surface area contributed by atoms with Crippen LogP contribution in [-0.2, 0) is 4.74 Å². The van der Waals surface area contributed by atoms with Gasteiger partial charge in [0.05, 0.1) is 17.3 Å². The lowest BCUT2D eigenvalue weighted by Crippen LogP contribution is -2.68. The molecular weight excluding hydrogens is 168 g/mol. The highest BCUT2D eigenvalue weighted by Gasteiger charge is 2.58. The molecular formula is C10H18O3. The van der Waals surface area contributed by atoms with Crippen LogP contribution in [0.1, 0.15) is 33.6 Å². The number of aliphatic hydroxyl groups is 2. The van der Waals surface area contributed by atoms with Crippen molar-refractivity contribution < 1.29 is 14.9 Å². The van der Waals surface area contributed by atoms with E-state index in [1.165, 1.54) is 0 Å². The van der Waals surface area contributed by atoms with Crippen LogP contribution in [0.2, 0.25) is 0 Å². The first-order chi connectivity index (χ1) is 5.87. The minimum Gasteiger partial charge on any atom is -0.390 e. The molecule has 3 nitrogen and oxygen atoms in total. The summed E-state index contributed by atoms with van der Waals surface area (Å²) in [4.78, 5) is 0. The van der Waals surface area contributed by atoms with Crippen LogP contribution in [0, 0.1) is 5.92 Å². The first kappa shape index (κ1) is 9.44. The summed E-state index contributed by atoms with van der Waals surface area (Å²) in [6.45, 7) is 5.87. The molecule has 2 bridgehead atoms. The topological polar surface area (TPSA) is 49.7 Å². The number of hydrogen-bond acceptors (Lipinski definition) is 3. The predicted octanol–water partition coefficient (Wildman–Crippen LogP) is 0.686. The SMILES string of the molecule is CC1(C)O[C@@]2(C)CC[C@@H]1[C@@H](O)[C@H]2O. The molecule has 2 N–H and O–H groups in total. The van der Waals surface area contributed by atoms with E-state index >= 15 is 0 Å². The summed E-state index contributed by atoms with van der Waals surface area (Å²) in [5, 5.41) is 19.6. The van der Waals surface area contributed by atoms with Crippen LogP contribution in [0.3, 0.4) is 0 Å². The fourth-order valence-corrected chi connectivity index (χ4v) is 2.89. The molecule has 3 heteroatoms. The second-order valence-electron chi connectivity index (χ2n) is 5.10. The van der Waals surface area contributed by atoms with Gasteiger partial charge in [-0.3, -0.25) is 0 Å². The van der Waals surface area contributed by atoms with Crippen LogP contribution in [0.25, 0.3) is 0 Å². The summed E-state index contributed by atoms with van der Waals surface area (Å²) in [5.41, 5.74) is -0.844. The Balaban J connectivity index is 2.34. The lowest BCUT2D eigenvalue weighted by Gasteiger charge is -2.58. The number of rotatable bonds is 0. The first-order valence-corrected chi connectivity index (χ1v) is 4.93. The minimum atomic E-state index is -0.723.